The molecule has 8 nitrogen and oxygen atoms in total. The van der Waals surface area contributed by atoms with E-state index in [-0.39, 0.29) is 11.2 Å². The topological polar surface area (TPSA) is 144 Å². The van der Waals surface area contributed by atoms with Crippen LogP contribution in [0.25, 0.3) is 0 Å². The molecule has 436 valence electrons. The molecule has 0 saturated carbocycles. The van der Waals surface area contributed by atoms with E-state index < -0.39 is 0 Å². The molecule has 6 rings (SSSR count). The molecule has 0 aromatic heterocycles. The summed E-state index contributed by atoms with van der Waals surface area (Å²) in [6.07, 6.45) is 28.0. The van der Waals surface area contributed by atoms with Crippen LogP contribution in [0.1, 0.15) is 242 Å². The van der Waals surface area contributed by atoms with Crippen molar-refractivity contribution in [2.24, 2.45) is 35.5 Å². The van der Waals surface area contributed by atoms with Crippen LogP contribution in [-0.2, 0) is 12.8 Å². The van der Waals surface area contributed by atoms with E-state index >= 15 is 0 Å². The highest BCUT2D eigenvalue weighted by atomic mass is 16.5. The van der Waals surface area contributed by atoms with E-state index in [4.69, 9.17) is 37.1 Å². The number of hydrogen-bond acceptors (Lipinski definition) is 8. The molecule has 0 bridgehead atoms. The standard InChI is InChI=1S/C35H57N3O.C35H56N2O2/c1-23(2)12-9-13-24(3)14-10-15-25(4)16-11-20-35(8)21-19-30-28(7)33(26(5)27(6)34(30)39-35)38-32-18-17-29(36)22-31(32)37;1-23(2)12-9-13-24(3)14-10-15-25(4)16-11-20-35(8)21-19-30-28(7)33(26(5)27(6)34(30)39-35)38-32-22-29(36)17-18-31(32)37/h17-18,22-25,38H,9-16,19-21,36-37H2,1-8H3;17-18,22-25H,9-16,19-21,36-37H2,1-8H3. The van der Waals surface area contributed by atoms with Crippen LogP contribution in [0, 0.1) is 77.0 Å². The van der Waals surface area contributed by atoms with Crippen molar-refractivity contribution in [2.75, 3.05) is 28.3 Å². The van der Waals surface area contributed by atoms with Gasteiger partial charge in [-0.3, -0.25) is 0 Å². The number of benzene rings is 4. The molecule has 0 fully saturated rings. The van der Waals surface area contributed by atoms with E-state index in [2.05, 4.69) is 116 Å². The monoisotopic (exact) mass is 1070 g/mol. The molecule has 0 saturated heterocycles. The molecule has 2 aliphatic heterocycles. The van der Waals surface area contributed by atoms with Crippen molar-refractivity contribution >= 4 is 34.1 Å². The maximum absolute atomic E-state index is 6.84. The zero-order valence-electron chi connectivity index (χ0n) is 52.5. The minimum Gasteiger partial charge on any atom is -0.487 e. The third-order valence-electron chi connectivity index (χ3n) is 18.3. The van der Waals surface area contributed by atoms with Crippen LogP contribution < -0.4 is 42.5 Å². The third-order valence-corrected chi connectivity index (χ3v) is 18.3. The minimum absolute atomic E-state index is 0.0857. The Hall–Kier alpha value is -4.72. The molecule has 6 unspecified atom stereocenters. The quantitative estimate of drug-likeness (QED) is 0.0354. The van der Waals surface area contributed by atoms with Gasteiger partial charge in [-0.25, -0.2) is 0 Å². The second-order valence-corrected chi connectivity index (χ2v) is 26.8. The lowest BCUT2D eigenvalue weighted by atomic mass is 9.83. The Morgan fingerprint density at radius 1 is 0.474 bits per heavy atom. The fourth-order valence-corrected chi connectivity index (χ4v) is 12.5. The van der Waals surface area contributed by atoms with Crippen LogP contribution in [-0.4, -0.2) is 11.2 Å². The highest BCUT2D eigenvalue weighted by Gasteiger charge is 2.36. The predicted molar refractivity (Wildman–Crippen MR) is 339 cm³/mol. The van der Waals surface area contributed by atoms with Gasteiger partial charge in [0.15, 0.2) is 5.75 Å². The van der Waals surface area contributed by atoms with E-state index in [1.165, 1.54) is 131 Å². The number of hydrogen-bond donors (Lipinski definition) is 5. The summed E-state index contributed by atoms with van der Waals surface area (Å²) in [5.74, 6) is 8.66. The van der Waals surface area contributed by atoms with Crippen LogP contribution in [0.4, 0.5) is 34.1 Å². The van der Waals surface area contributed by atoms with Gasteiger partial charge in [-0.2, -0.15) is 0 Å². The number of fused-ring (bicyclic) bond motifs is 2. The average molecular weight is 1070 g/mol. The van der Waals surface area contributed by atoms with Gasteiger partial charge in [0, 0.05) is 28.7 Å². The van der Waals surface area contributed by atoms with Crippen molar-refractivity contribution in [2.45, 2.75) is 263 Å². The number of nitrogens with two attached hydrogens (primary N) is 4. The van der Waals surface area contributed by atoms with E-state index in [0.29, 0.717) is 28.5 Å². The molecular weight excluding hydrogens is 959 g/mol. The molecule has 0 radical (unpaired) electrons. The maximum Gasteiger partial charge on any atom is 0.152 e. The summed E-state index contributed by atoms with van der Waals surface area (Å²) in [5, 5.41) is 3.60. The van der Waals surface area contributed by atoms with Crippen molar-refractivity contribution in [3.63, 3.8) is 0 Å². The fraction of sp³-hybridized carbons (Fsp3) is 0.657. The van der Waals surface area contributed by atoms with Crippen LogP contribution in [0.2, 0.25) is 0 Å². The van der Waals surface area contributed by atoms with Crippen LogP contribution in [0.5, 0.6) is 23.0 Å². The number of ether oxygens (including phenoxy) is 3. The normalized spacial score (nSPS) is 18.5. The molecule has 4 aromatic rings. The minimum atomic E-state index is -0.109. The summed E-state index contributed by atoms with van der Waals surface area (Å²) in [6, 6.07) is 11.0. The van der Waals surface area contributed by atoms with Gasteiger partial charge in [0.2, 0.25) is 0 Å². The third kappa shape index (κ3) is 18.7. The van der Waals surface area contributed by atoms with Crippen LogP contribution in [0.3, 0.4) is 0 Å². The Morgan fingerprint density at radius 2 is 0.885 bits per heavy atom. The average Bonchev–Trinajstić information content (AvgIpc) is 3.51. The highest BCUT2D eigenvalue weighted by molar-refractivity contribution is 5.80. The van der Waals surface area contributed by atoms with Gasteiger partial charge in [0.25, 0.3) is 0 Å². The Bertz CT molecular complexity index is 2530. The molecule has 2 heterocycles. The van der Waals surface area contributed by atoms with Gasteiger partial charge in [-0.05, 0) is 212 Å². The highest BCUT2D eigenvalue weighted by Crippen LogP contribution is 2.48. The molecule has 0 spiro atoms. The Morgan fingerprint density at radius 3 is 1.35 bits per heavy atom. The Kier molecular flexibility index (Phi) is 24.4. The van der Waals surface area contributed by atoms with Crippen LogP contribution >= 0.6 is 0 Å². The second-order valence-electron chi connectivity index (χ2n) is 26.8. The first kappa shape index (κ1) is 64.1. The molecule has 0 amide bonds. The van der Waals surface area contributed by atoms with Crippen molar-refractivity contribution in [3.8, 4) is 23.0 Å². The lowest BCUT2D eigenvalue weighted by Crippen LogP contribution is -2.37. The molecule has 78 heavy (non-hydrogen) atoms. The van der Waals surface area contributed by atoms with E-state index in [1.54, 1.807) is 18.2 Å². The number of anilines is 6. The second kappa shape index (κ2) is 29.7. The summed E-state index contributed by atoms with van der Waals surface area (Å²) in [6.45, 7) is 36.7. The number of rotatable bonds is 28. The van der Waals surface area contributed by atoms with Crippen molar-refractivity contribution in [1.29, 1.82) is 0 Å². The maximum atomic E-state index is 6.84. The van der Waals surface area contributed by atoms with E-state index in [0.717, 1.165) is 119 Å². The first-order valence-electron chi connectivity index (χ1n) is 31.2. The zero-order valence-corrected chi connectivity index (χ0v) is 52.5. The van der Waals surface area contributed by atoms with Gasteiger partial charge in [0.05, 0.1) is 17.1 Å². The number of nitrogens with one attached hydrogen (secondary N) is 1. The van der Waals surface area contributed by atoms with E-state index in [9.17, 15) is 0 Å². The van der Waals surface area contributed by atoms with E-state index in [1.807, 2.05) is 18.2 Å². The predicted octanol–water partition coefficient (Wildman–Crippen LogP) is 20.1. The smallest absolute Gasteiger partial charge is 0.152 e. The largest absolute Gasteiger partial charge is 0.487 e. The first-order chi connectivity index (χ1) is 36.8. The van der Waals surface area contributed by atoms with Gasteiger partial charge < -0.3 is 42.5 Å². The zero-order chi connectivity index (χ0) is 57.5. The molecular formula is C70H113N5O3. The summed E-state index contributed by atoms with van der Waals surface area (Å²) in [7, 11) is 0. The van der Waals surface area contributed by atoms with Crippen molar-refractivity contribution in [1.82, 2.24) is 0 Å². The lowest BCUT2D eigenvalue weighted by molar-refractivity contribution is 0.0510. The number of nitrogen functional groups attached to an aromatic ring is 4. The van der Waals surface area contributed by atoms with Crippen molar-refractivity contribution in [3.05, 3.63) is 80.9 Å². The van der Waals surface area contributed by atoms with Gasteiger partial charge in [-0.15, -0.1) is 0 Å². The molecule has 4 aromatic carbocycles. The summed E-state index contributed by atoms with van der Waals surface area (Å²) < 4.78 is 20.0. The summed E-state index contributed by atoms with van der Waals surface area (Å²) >= 11 is 0. The first-order valence-corrected chi connectivity index (χ1v) is 31.2. The summed E-state index contributed by atoms with van der Waals surface area (Å²) in [5.41, 5.74) is 38.5. The molecule has 6 atom stereocenters. The van der Waals surface area contributed by atoms with Crippen molar-refractivity contribution < 1.29 is 14.2 Å². The van der Waals surface area contributed by atoms with Gasteiger partial charge in [0.1, 0.15) is 28.5 Å². The van der Waals surface area contributed by atoms with Gasteiger partial charge in [-0.1, -0.05) is 145 Å². The Labute approximate surface area is 477 Å². The molecule has 2 aliphatic rings. The lowest BCUT2D eigenvalue weighted by Gasteiger charge is -2.39. The molecule has 0 aliphatic carbocycles. The van der Waals surface area contributed by atoms with Crippen LogP contribution in [0.15, 0.2) is 36.4 Å². The molecule has 8 heteroatoms. The fourth-order valence-electron chi connectivity index (χ4n) is 12.5. The summed E-state index contributed by atoms with van der Waals surface area (Å²) in [4.78, 5) is 0. The Balaban J connectivity index is 0.000000287. The SMILES string of the molecule is Cc1c(C)c2c(c(C)c1Nc1ccc(N)cc1N)CCC(C)(CCCC(C)CCCC(C)CCCC(C)C)O2.Cc1c(C)c2c(c(C)c1Oc1cc(N)ccc1N)CCC(C)(CCCC(C)CCCC(C)CCCC(C)C)O2. The molecule has 9 N–H and O–H groups in total. The van der Waals surface area contributed by atoms with Gasteiger partial charge >= 0.3 is 0 Å².